The highest BCUT2D eigenvalue weighted by atomic mass is 32.2. The van der Waals surface area contributed by atoms with Crippen LogP contribution in [0.3, 0.4) is 0 Å². The zero-order valence-corrected chi connectivity index (χ0v) is 13.4. The van der Waals surface area contributed by atoms with Crippen LogP contribution in [-0.2, 0) is 11.4 Å². The quantitative estimate of drug-likeness (QED) is 0.599. The lowest BCUT2D eigenvalue weighted by Crippen LogP contribution is -2.33. The average molecular weight is 305 g/mol. The first-order valence-electron chi connectivity index (χ1n) is 6.71. The smallest absolute Gasteiger partial charge is 0.121 e. The van der Waals surface area contributed by atoms with E-state index in [-0.39, 0.29) is 0 Å². The van der Waals surface area contributed by atoms with Gasteiger partial charge in [0.1, 0.15) is 12.8 Å². The summed E-state index contributed by atoms with van der Waals surface area (Å²) in [6.07, 6.45) is 5.90. The number of allylic oxidation sites excluding steroid dienone is 3. The standard InChI is InChI=1S/C16H23N3OS/c1-4-13(2)16(18)11-10-14(17)12-19(21(3)20)15-8-6-5-7-9-15/h5-11H,2,4,12,17-18H2,1,3H3/b14-10-,16-11-. The van der Waals surface area contributed by atoms with Crippen LogP contribution >= 0.6 is 0 Å². The minimum absolute atomic E-state index is 0.371. The van der Waals surface area contributed by atoms with Crippen molar-refractivity contribution in [2.45, 2.75) is 13.3 Å². The first kappa shape index (κ1) is 17.2. The number of hydrogen-bond donors (Lipinski definition) is 2. The van der Waals surface area contributed by atoms with Gasteiger partial charge < -0.3 is 16.0 Å². The van der Waals surface area contributed by atoms with E-state index in [2.05, 4.69) is 6.58 Å². The molecule has 21 heavy (non-hydrogen) atoms. The van der Waals surface area contributed by atoms with Crippen molar-refractivity contribution in [1.82, 2.24) is 0 Å². The fourth-order valence-electron chi connectivity index (χ4n) is 1.66. The van der Waals surface area contributed by atoms with Crippen LogP contribution in [0.2, 0.25) is 0 Å². The molecule has 0 aliphatic rings. The number of rotatable bonds is 7. The highest BCUT2D eigenvalue weighted by Crippen LogP contribution is 2.17. The van der Waals surface area contributed by atoms with Gasteiger partial charge in [0.05, 0.1) is 17.0 Å². The predicted molar refractivity (Wildman–Crippen MR) is 91.8 cm³/mol. The summed E-state index contributed by atoms with van der Waals surface area (Å²) in [6.45, 7) is 6.23. The van der Waals surface area contributed by atoms with E-state index in [1.54, 1.807) is 22.7 Å². The van der Waals surface area contributed by atoms with Crippen LogP contribution in [0.1, 0.15) is 13.3 Å². The lowest BCUT2D eigenvalue weighted by atomic mass is 10.1. The topological polar surface area (TPSA) is 78.3 Å². The maximum Gasteiger partial charge on any atom is 0.121 e. The van der Waals surface area contributed by atoms with E-state index in [1.165, 1.54) is 0 Å². The summed E-state index contributed by atoms with van der Waals surface area (Å²) >= 11 is -1.16. The van der Waals surface area contributed by atoms with Gasteiger partial charge in [-0.3, -0.25) is 0 Å². The molecule has 0 saturated carbocycles. The molecule has 1 atom stereocenters. The van der Waals surface area contributed by atoms with E-state index in [9.17, 15) is 4.55 Å². The Kier molecular flexibility index (Phi) is 6.91. The SMILES string of the molecule is C=C(CC)/C(N)=C/C=C(\N)CN(c1ccccc1)[S+](C)[O-]. The molecule has 0 fully saturated rings. The number of nitrogens with two attached hydrogens (primary N) is 2. The molecule has 0 radical (unpaired) electrons. The Balaban J connectivity index is 2.83. The molecule has 4 N–H and O–H groups in total. The first-order chi connectivity index (χ1) is 9.95. The second-order valence-corrected chi connectivity index (χ2v) is 5.90. The summed E-state index contributed by atoms with van der Waals surface area (Å²) in [7, 11) is 0. The Morgan fingerprint density at radius 3 is 2.43 bits per heavy atom. The van der Waals surface area contributed by atoms with Crippen molar-refractivity contribution < 1.29 is 4.55 Å². The number of hydrogen-bond acceptors (Lipinski definition) is 4. The molecule has 0 aliphatic carbocycles. The van der Waals surface area contributed by atoms with Crippen molar-refractivity contribution in [1.29, 1.82) is 0 Å². The molecule has 5 heteroatoms. The minimum Gasteiger partial charge on any atom is -0.593 e. The molecule has 0 aromatic heterocycles. The van der Waals surface area contributed by atoms with Gasteiger partial charge in [-0.25, -0.2) is 0 Å². The zero-order valence-electron chi connectivity index (χ0n) is 12.6. The van der Waals surface area contributed by atoms with Crippen LogP contribution < -0.4 is 15.8 Å². The second-order valence-electron chi connectivity index (χ2n) is 4.62. The summed E-state index contributed by atoms with van der Waals surface area (Å²) in [6, 6.07) is 9.52. The van der Waals surface area contributed by atoms with E-state index in [1.807, 2.05) is 37.3 Å². The Morgan fingerprint density at radius 1 is 1.29 bits per heavy atom. The largest absolute Gasteiger partial charge is 0.593 e. The Bertz CT molecular complexity index is 524. The normalized spacial score (nSPS) is 13.9. The third kappa shape index (κ3) is 5.57. The lowest BCUT2D eigenvalue weighted by molar-refractivity contribution is 0.597. The number of benzene rings is 1. The van der Waals surface area contributed by atoms with E-state index in [0.29, 0.717) is 17.9 Å². The van der Waals surface area contributed by atoms with Crippen LogP contribution in [0.5, 0.6) is 0 Å². The van der Waals surface area contributed by atoms with Gasteiger partial charge >= 0.3 is 0 Å². The maximum atomic E-state index is 11.9. The fraction of sp³-hybridized carbons (Fsp3) is 0.250. The zero-order chi connectivity index (χ0) is 15.8. The van der Waals surface area contributed by atoms with Gasteiger partial charge in [0.2, 0.25) is 0 Å². The van der Waals surface area contributed by atoms with Crippen molar-refractivity contribution >= 4 is 17.0 Å². The second kappa shape index (κ2) is 8.44. The molecule has 0 heterocycles. The molecular formula is C16H23N3OS. The molecule has 1 rings (SSSR count). The van der Waals surface area contributed by atoms with Crippen LogP contribution in [0.4, 0.5) is 5.69 Å². The molecule has 1 aromatic rings. The first-order valence-corrected chi connectivity index (χ1v) is 8.23. The number of anilines is 1. The van der Waals surface area contributed by atoms with Gasteiger partial charge in [-0.15, -0.1) is 0 Å². The summed E-state index contributed by atoms with van der Waals surface area (Å²) in [5, 5.41) is 0. The summed E-state index contributed by atoms with van der Waals surface area (Å²) in [5.74, 6) is 0. The Hall–Kier alpha value is -1.85. The predicted octanol–water partition coefficient (Wildman–Crippen LogP) is 2.44. The molecule has 0 bridgehead atoms. The van der Waals surface area contributed by atoms with Crippen LogP contribution in [0.25, 0.3) is 0 Å². The molecule has 1 aromatic carbocycles. The van der Waals surface area contributed by atoms with Crippen molar-refractivity contribution in [3.63, 3.8) is 0 Å². The van der Waals surface area contributed by atoms with Gasteiger partial charge in [0.15, 0.2) is 0 Å². The number of nitrogens with zero attached hydrogens (tertiary/aromatic N) is 1. The maximum absolute atomic E-state index is 11.9. The molecule has 0 spiro atoms. The van der Waals surface area contributed by atoms with Crippen LogP contribution in [-0.4, -0.2) is 17.4 Å². The van der Waals surface area contributed by atoms with Crippen LogP contribution in [0.15, 0.2) is 66.0 Å². The monoisotopic (exact) mass is 305 g/mol. The van der Waals surface area contributed by atoms with Crippen molar-refractivity contribution in [3.05, 3.63) is 66.0 Å². The van der Waals surface area contributed by atoms with E-state index < -0.39 is 11.4 Å². The van der Waals surface area contributed by atoms with E-state index in [0.717, 1.165) is 17.7 Å². The Morgan fingerprint density at radius 2 is 1.90 bits per heavy atom. The van der Waals surface area contributed by atoms with Gasteiger partial charge in [-0.1, -0.05) is 31.7 Å². The fourth-order valence-corrected chi connectivity index (χ4v) is 2.41. The third-order valence-corrected chi connectivity index (χ3v) is 3.95. The van der Waals surface area contributed by atoms with E-state index >= 15 is 0 Å². The highest BCUT2D eigenvalue weighted by Gasteiger charge is 2.15. The van der Waals surface area contributed by atoms with Gasteiger partial charge in [-0.2, -0.15) is 4.31 Å². The van der Waals surface area contributed by atoms with Gasteiger partial charge in [-0.05, 0) is 36.3 Å². The van der Waals surface area contributed by atoms with Crippen molar-refractivity contribution in [3.8, 4) is 0 Å². The molecule has 0 aliphatic heterocycles. The molecular weight excluding hydrogens is 282 g/mol. The molecule has 4 nitrogen and oxygen atoms in total. The summed E-state index contributed by atoms with van der Waals surface area (Å²) < 4.78 is 13.6. The van der Waals surface area contributed by atoms with Crippen molar-refractivity contribution in [2.75, 3.05) is 17.1 Å². The highest BCUT2D eigenvalue weighted by molar-refractivity contribution is 7.92. The Labute approximate surface area is 130 Å². The molecule has 0 amide bonds. The van der Waals surface area contributed by atoms with E-state index in [4.69, 9.17) is 11.5 Å². The lowest BCUT2D eigenvalue weighted by Gasteiger charge is -2.23. The minimum atomic E-state index is -1.16. The molecule has 0 saturated heterocycles. The van der Waals surface area contributed by atoms with Crippen LogP contribution in [0, 0.1) is 0 Å². The molecule has 1 unspecified atom stereocenters. The number of para-hydroxylation sites is 1. The van der Waals surface area contributed by atoms with Crippen molar-refractivity contribution in [2.24, 2.45) is 11.5 Å². The van der Waals surface area contributed by atoms with Gasteiger partial charge in [0, 0.05) is 11.4 Å². The average Bonchev–Trinajstić information content (AvgIpc) is 2.49. The summed E-state index contributed by atoms with van der Waals surface area (Å²) in [4.78, 5) is 0. The summed E-state index contributed by atoms with van der Waals surface area (Å²) in [5.41, 5.74) is 14.8. The third-order valence-electron chi connectivity index (χ3n) is 2.99. The van der Waals surface area contributed by atoms with Gasteiger partial charge in [0.25, 0.3) is 0 Å². The molecule has 114 valence electrons.